The molecule has 0 heterocycles. The molecule has 0 atom stereocenters. The number of halogens is 3. The Morgan fingerprint density at radius 2 is 2.06 bits per heavy atom. The molecule has 0 fully saturated rings. The molecule has 0 radical (unpaired) electrons. The van der Waals surface area contributed by atoms with Gasteiger partial charge in [-0.15, -0.1) is 0 Å². The zero-order valence-corrected chi connectivity index (χ0v) is 8.77. The average Bonchev–Trinajstić information content (AvgIpc) is 2.31. The van der Waals surface area contributed by atoms with Gasteiger partial charge in [-0.2, -0.15) is 4.39 Å². The van der Waals surface area contributed by atoms with E-state index in [-0.39, 0.29) is 29.9 Å². The molecule has 5 heteroatoms. The molecular weight excluding hydrogens is 219 g/mol. The van der Waals surface area contributed by atoms with E-state index in [9.17, 15) is 13.2 Å². The van der Waals surface area contributed by atoms with Crippen molar-refractivity contribution in [3.63, 3.8) is 0 Å². The Hall–Kier alpha value is -1.49. The number of rotatable bonds is 4. The van der Waals surface area contributed by atoms with Crippen LogP contribution in [0, 0.1) is 11.6 Å². The van der Waals surface area contributed by atoms with Crippen LogP contribution >= 0.6 is 0 Å². The molecule has 0 saturated carbocycles. The van der Waals surface area contributed by atoms with Crippen LogP contribution in [-0.4, -0.2) is 13.7 Å². The van der Waals surface area contributed by atoms with Gasteiger partial charge in [0, 0.05) is 13.0 Å². The van der Waals surface area contributed by atoms with Gasteiger partial charge < -0.3 is 10.5 Å². The highest BCUT2D eigenvalue weighted by Gasteiger charge is 2.14. The lowest BCUT2D eigenvalue weighted by Gasteiger charge is -2.08. The Kier molecular flexibility index (Phi) is 4.37. The van der Waals surface area contributed by atoms with Crippen molar-refractivity contribution in [2.45, 2.75) is 6.42 Å². The first-order valence-electron chi connectivity index (χ1n) is 4.63. The normalized spacial score (nSPS) is 11.7. The van der Waals surface area contributed by atoms with E-state index in [0.717, 1.165) is 0 Å². The topological polar surface area (TPSA) is 35.2 Å². The van der Waals surface area contributed by atoms with E-state index in [2.05, 4.69) is 4.74 Å². The molecule has 0 saturated heterocycles. The van der Waals surface area contributed by atoms with E-state index in [4.69, 9.17) is 5.73 Å². The van der Waals surface area contributed by atoms with Gasteiger partial charge in [0.15, 0.2) is 11.6 Å². The zero-order valence-electron chi connectivity index (χ0n) is 8.77. The highest BCUT2D eigenvalue weighted by molar-refractivity contribution is 5.33. The smallest absolute Gasteiger partial charge is 0.200 e. The lowest BCUT2D eigenvalue weighted by atomic mass is 10.1. The summed E-state index contributed by atoms with van der Waals surface area (Å²) >= 11 is 0. The number of hydrogen-bond donors (Lipinski definition) is 1. The summed E-state index contributed by atoms with van der Waals surface area (Å²) in [6, 6.07) is 2.64. The first kappa shape index (κ1) is 12.6. The van der Waals surface area contributed by atoms with Gasteiger partial charge in [-0.3, -0.25) is 0 Å². The fourth-order valence-electron chi connectivity index (χ4n) is 1.27. The predicted molar refractivity (Wildman–Crippen MR) is 54.9 cm³/mol. The Labute approximate surface area is 91.5 Å². The standard InChI is InChI=1S/C11H12F3NO/c1-16-9-3-2-8(10(13)11(9)14)4-7(5-12)6-15/h2-3,5H,4,6,15H2,1H3/b7-5+. The lowest BCUT2D eigenvalue weighted by molar-refractivity contribution is 0.370. The Bertz CT molecular complexity index is 404. The number of nitrogens with two attached hydrogens (primary N) is 1. The molecule has 1 aromatic rings. The SMILES string of the molecule is COc1ccc(C/C(=C\F)CN)c(F)c1F. The highest BCUT2D eigenvalue weighted by Crippen LogP contribution is 2.23. The van der Waals surface area contributed by atoms with Gasteiger partial charge in [-0.05, 0) is 17.2 Å². The third-order valence-electron chi connectivity index (χ3n) is 2.18. The van der Waals surface area contributed by atoms with Gasteiger partial charge in [0.1, 0.15) is 0 Å². The third-order valence-corrected chi connectivity index (χ3v) is 2.18. The first-order valence-corrected chi connectivity index (χ1v) is 4.63. The second-order valence-corrected chi connectivity index (χ2v) is 3.20. The molecule has 1 aromatic carbocycles. The Morgan fingerprint density at radius 1 is 1.38 bits per heavy atom. The van der Waals surface area contributed by atoms with Gasteiger partial charge in [0.2, 0.25) is 5.82 Å². The molecule has 0 aromatic heterocycles. The third kappa shape index (κ3) is 2.55. The monoisotopic (exact) mass is 231 g/mol. The van der Waals surface area contributed by atoms with Crippen LogP contribution in [-0.2, 0) is 6.42 Å². The molecular formula is C11H12F3NO. The van der Waals surface area contributed by atoms with Gasteiger partial charge in [-0.1, -0.05) is 6.07 Å². The fourth-order valence-corrected chi connectivity index (χ4v) is 1.27. The molecule has 0 aliphatic carbocycles. The molecule has 0 aliphatic rings. The summed E-state index contributed by atoms with van der Waals surface area (Å²) in [5, 5.41) is 0. The van der Waals surface area contributed by atoms with E-state index in [0.29, 0.717) is 6.33 Å². The van der Waals surface area contributed by atoms with Crippen LogP contribution < -0.4 is 10.5 Å². The number of hydrogen-bond acceptors (Lipinski definition) is 2. The van der Waals surface area contributed by atoms with Gasteiger partial charge in [0.25, 0.3) is 0 Å². The van der Waals surface area contributed by atoms with E-state index in [1.807, 2.05) is 0 Å². The van der Waals surface area contributed by atoms with Crippen molar-refractivity contribution in [3.05, 3.63) is 41.2 Å². The minimum Gasteiger partial charge on any atom is -0.494 e. The van der Waals surface area contributed by atoms with Crippen molar-refractivity contribution < 1.29 is 17.9 Å². The summed E-state index contributed by atoms with van der Waals surface area (Å²) in [6.07, 6.45) is 0.251. The largest absolute Gasteiger partial charge is 0.494 e. The van der Waals surface area contributed by atoms with Crippen molar-refractivity contribution in [3.8, 4) is 5.75 Å². The van der Waals surface area contributed by atoms with E-state index >= 15 is 0 Å². The van der Waals surface area contributed by atoms with E-state index < -0.39 is 11.6 Å². The van der Waals surface area contributed by atoms with Gasteiger partial charge in [-0.25, -0.2) is 8.78 Å². The average molecular weight is 231 g/mol. The van der Waals surface area contributed by atoms with Crippen molar-refractivity contribution >= 4 is 0 Å². The summed E-state index contributed by atoms with van der Waals surface area (Å²) in [5.41, 5.74) is 5.47. The Morgan fingerprint density at radius 3 is 2.56 bits per heavy atom. The van der Waals surface area contributed by atoms with Crippen LogP contribution in [0.4, 0.5) is 13.2 Å². The van der Waals surface area contributed by atoms with Crippen LogP contribution in [0.5, 0.6) is 5.75 Å². The van der Waals surface area contributed by atoms with Crippen molar-refractivity contribution in [1.82, 2.24) is 0 Å². The van der Waals surface area contributed by atoms with Crippen LogP contribution in [0.1, 0.15) is 5.56 Å². The maximum atomic E-state index is 13.4. The summed E-state index contributed by atoms with van der Waals surface area (Å²) in [5.74, 6) is -2.29. The minimum atomic E-state index is -1.07. The fraction of sp³-hybridized carbons (Fsp3) is 0.273. The minimum absolute atomic E-state index is 0.0381. The summed E-state index contributed by atoms with van der Waals surface area (Å²) in [7, 11) is 1.24. The number of ether oxygens (including phenoxy) is 1. The van der Waals surface area contributed by atoms with Gasteiger partial charge >= 0.3 is 0 Å². The summed E-state index contributed by atoms with van der Waals surface area (Å²) < 4.78 is 43.6. The van der Waals surface area contributed by atoms with Crippen LogP contribution in [0.15, 0.2) is 24.0 Å². The molecule has 1 rings (SSSR count). The number of benzene rings is 1. The van der Waals surface area contributed by atoms with Crippen LogP contribution in [0.2, 0.25) is 0 Å². The molecule has 0 amide bonds. The second-order valence-electron chi connectivity index (χ2n) is 3.20. The van der Waals surface area contributed by atoms with Gasteiger partial charge in [0.05, 0.1) is 13.4 Å². The molecule has 2 N–H and O–H groups in total. The molecule has 2 nitrogen and oxygen atoms in total. The quantitative estimate of drug-likeness (QED) is 0.863. The molecule has 0 bridgehead atoms. The van der Waals surface area contributed by atoms with Crippen molar-refractivity contribution in [2.75, 3.05) is 13.7 Å². The molecule has 88 valence electrons. The molecule has 0 aliphatic heterocycles. The zero-order chi connectivity index (χ0) is 12.1. The van der Waals surface area contributed by atoms with E-state index in [1.165, 1.54) is 19.2 Å². The Balaban J connectivity index is 3.03. The number of methoxy groups -OCH3 is 1. The maximum absolute atomic E-state index is 13.4. The predicted octanol–water partition coefficient (Wildman–Crippen LogP) is 2.33. The first-order chi connectivity index (χ1) is 7.63. The lowest BCUT2D eigenvalue weighted by Crippen LogP contribution is -2.07. The maximum Gasteiger partial charge on any atom is 0.200 e. The van der Waals surface area contributed by atoms with Crippen molar-refractivity contribution in [2.24, 2.45) is 5.73 Å². The van der Waals surface area contributed by atoms with Crippen LogP contribution in [0.25, 0.3) is 0 Å². The highest BCUT2D eigenvalue weighted by atomic mass is 19.2. The summed E-state index contributed by atoms with van der Waals surface area (Å²) in [6.45, 7) is -0.0381. The second kappa shape index (κ2) is 5.55. The van der Waals surface area contributed by atoms with E-state index in [1.54, 1.807) is 0 Å². The van der Waals surface area contributed by atoms with Crippen LogP contribution in [0.3, 0.4) is 0 Å². The summed E-state index contributed by atoms with van der Waals surface area (Å²) in [4.78, 5) is 0. The van der Waals surface area contributed by atoms with Crippen molar-refractivity contribution in [1.29, 1.82) is 0 Å². The molecule has 0 unspecified atom stereocenters. The molecule has 0 spiro atoms. The molecule has 16 heavy (non-hydrogen) atoms.